The number of halogens is 2. The van der Waals surface area contributed by atoms with Gasteiger partial charge in [0.05, 0.1) is 16.0 Å². The van der Waals surface area contributed by atoms with Crippen molar-refractivity contribution in [2.24, 2.45) is 0 Å². The Morgan fingerprint density at radius 1 is 1.19 bits per heavy atom. The molecule has 0 aromatic heterocycles. The fraction of sp³-hybridized carbons (Fsp3) is 0.188. The maximum Gasteiger partial charge on any atom is 0.237 e. The molecule has 0 heterocycles. The molecule has 110 valence electrons. The molecule has 0 saturated heterocycles. The summed E-state index contributed by atoms with van der Waals surface area (Å²) >= 11 is 13.5. The van der Waals surface area contributed by atoms with Gasteiger partial charge in [0.2, 0.25) is 5.91 Å². The molecule has 0 aliphatic rings. The van der Waals surface area contributed by atoms with Gasteiger partial charge in [-0.15, -0.1) is 11.8 Å². The third-order valence-electron chi connectivity index (χ3n) is 2.90. The van der Waals surface area contributed by atoms with Crippen molar-refractivity contribution < 1.29 is 4.79 Å². The summed E-state index contributed by atoms with van der Waals surface area (Å²) in [6.45, 7) is 1.88. The third kappa shape index (κ3) is 4.95. The average Bonchev–Trinajstić information content (AvgIpc) is 2.48. The van der Waals surface area contributed by atoms with Crippen LogP contribution in [0.2, 0.25) is 10.0 Å². The molecule has 2 nitrogen and oxygen atoms in total. The van der Waals surface area contributed by atoms with Crippen LogP contribution in [0, 0.1) is 0 Å². The molecule has 2 aromatic carbocycles. The second kappa shape index (κ2) is 7.74. The number of hydrogen-bond donors (Lipinski definition) is 1. The summed E-state index contributed by atoms with van der Waals surface area (Å²) in [6, 6.07) is 15.1. The molecule has 0 saturated carbocycles. The lowest BCUT2D eigenvalue weighted by Gasteiger charge is -2.13. The van der Waals surface area contributed by atoms with Gasteiger partial charge in [-0.3, -0.25) is 4.79 Å². The lowest BCUT2D eigenvalue weighted by molar-refractivity contribution is -0.115. The Balaban J connectivity index is 1.90. The lowest BCUT2D eigenvalue weighted by Crippen LogP contribution is -2.22. The topological polar surface area (TPSA) is 29.1 Å². The predicted octanol–water partition coefficient (Wildman–Crippen LogP) is 5.25. The second-order valence-electron chi connectivity index (χ2n) is 4.55. The molecule has 0 fully saturated rings. The minimum Gasteiger partial charge on any atom is -0.324 e. The van der Waals surface area contributed by atoms with Crippen LogP contribution < -0.4 is 5.32 Å². The van der Waals surface area contributed by atoms with Crippen LogP contribution in [-0.4, -0.2) is 11.2 Å². The summed E-state index contributed by atoms with van der Waals surface area (Å²) in [5.74, 6) is 0.726. The summed E-state index contributed by atoms with van der Waals surface area (Å²) < 4.78 is 0. The molecule has 2 aromatic rings. The van der Waals surface area contributed by atoms with E-state index in [0.29, 0.717) is 15.7 Å². The van der Waals surface area contributed by atoms with E-state index in [1.54, 1.807) is 30.0 Å². The zero-order valence-electron chi connectivity index (χ0n) is 11.5. The van der Waals surface area contributed by atoms with Gasteiger partial charge >= 0.3 is 0 Å². The average molecular weight is 340 g/mol. The van der Waals surface area contributed by atoms with Crippen LogP contribution >= 0.6 is 35.0 Å². The maximum atomic E-state index is 12.1. The molecular formula is C16H15Cl2NOS. The monoisotopic (exact) mass is 339 g/mol. The fourth-order valence-electron chi connectivity index (χ4n) is 1.70. The van der Waals surface area contributed by atoms with Crippen LogP contribution in [0.25, 0.3) is 0 Å². The summed E-state index contributed by atoms with van der Waals surface area (Å²) in [5.41, 5.74) is 1.78. The minimum absolute atomic E-state index is 0.0693. The molecule has 0 spiro atoms. The van der Waals surface area contributed by atoms with E-state index in [9.17, 15) is 4.79 Å². The molecule has 21 heavy (non-hydrogen) atoms. The third-order valence-corrected chi connectivity index (χ3v) is 4.66. The molecule has 2 rings (SSSR count). The summed E-state index contributed by atoms with van der Waals surface area (Å²) in [5, 5.41) is 3.64. The molecule has 0 radical (unpaired) electrons. The molecule has 0 bridgehead atoms. The van der Waals surface area contributed by atoms with E-state index in [4.69, 9.17) is 23.2 Å². The zero-order chi connectivity index (χ0) is 15.2. The van der Waals surface area contributed by atoms with Gasteiger partial charge in [-0.1, -0.05) is 53.5 Å². The van der Waals surface area contributed by atoms with Crippen molar-refractivity contribution in [2.45, 2.75) is 17.9 Å². The molecule has 1 N–H and O–H groups in total. The van der Waals surface area contributed by atoms with Crippen LogP contribution in [0.3, 0.4) is 0 Å². The van der Waals surface area contributed by atoms with E-state index in [2.05, 4.69) is 5.32 Å². The molecule has 5 heteroatoms. The van der Waals surface area contributed by atoms with E-state index in [1.165, 1.54) is 5.56 Å². The largest absolute Gasteiger partial charge is 0.324 e. The quantitative estimate of drug-likeness (QED) is 0.805. The van der Waals surface area contributed by atoms with E-state index in [-0.39, 0.29) is 11.2 Å². The Bertz CT molecular complexity index is 619. The highest BCUT2D eigenvalue weighted by molar-refractivity contribution is 7.99. The smallest absolute Gasteiger partial charge is 0.237 e. The normalized spacial score (nSPS) is 12.0. The molecular weight excluding hydrogens is 325 g/mol. The first kappa shape index (κ1) is 16.2. The number of amides is 1. The van der Waals surface area contributed by atoms with Crippen molar-refractivity contribution in [1.29, 1.82) is 0 Å². The van der Waals surface area contributed by atoms with Gasteiger partial charge in [-0.2, -0.15) is 0 Å². The second-order valence-corrected chi connectivity index (χ2v) is 6.73. The highest BCUT2D eigenvalue weighted by Gasteiger charge is 2.15. The Hall–Kier alpha value is -1.16. The first-order valence-electron chi connectivity index (χ1n) is 6.47. The van der Waals surface area contributed by atoms with E-state index < -0.39 is 0 Å². The van der Waals surface area contributed by atoms with Crippen LogP contribution in [0.5, 0.6) is 0 Å². The van der Waals surface area contributed by atoms with Crippen LogP contribution in [0.15, 0.2) is 48.5 Å². The van der Waals surface area contributed by atoms with Gasteiger partial charge in [0, 0.05) is 10.8 Å². The van der Waals surface area contributed by atoms with Crippen molar-refractivity contribution in [3.8, 4) is 0 Å². The Morgan fingerprint density at radius 3 is 2.57 bits per heavy atom. The summed E-state index contributed by atoms with van der Waals surface area (Å²) in [4.78, 5) is 12.1. The predicted molar refractivity (Wildman–Crippen MR) is 92.3 cm³/mol. The van der Waals surface area contributed by atoms with E-state index in [0.717, 1.165) is 5.75 Å². The van der Waals surface area contributed by atoms with Gasteiger partial charge in [-0.25, -0.2) is 0 Å². The number of nitrogens with one attached hydrogen (secondary N) is 1. The standard InChI is InChI=1S/C16H15Cl2NOS/c1-11(21-10-12-5-3-2-4-6-12)16(20)19-15-8-7-13(17)9-14(15)18/h2-9,11H,10H2,1H3,(H,19,20). The van der Waals surface area contributed by atoms with Crippen LogP contribution in [0.1, 0.15) is 12.5 Å². The Kier molecular flexibility index (Phi) is 5.97. The maximum absolute atomic E-state index is 12.1. The van der Waals surface area contributed by atoms with E-state index in [1.807, 2.05) is 37.3 Å². The van der Waals surface area contributed by atoms with Gasteiger partial charge in [-0.05, 0) is 30.7 Å². The first-order valence-corrected chi connectivity index (χ1v) is 8.28. The van der Waals surface area contributed by atoms with Crippen LogP contribution in [0.4, 0.5) is 5.69 Å². The zero-order valence-corrected chi connectivity index (χ0v) is 13.8. The van der Waals surface area contributed by atoms with Crippen molar-refractivity contribution in [3.05, 3.63) is 64.1 Å². The van der Waals surface area contributed by atoms with Crippen LogP contribution in [-0.2, 0) is 10.5 Å². The van der Waals surface area contributed by atoms with Crippen molar-refractivity contribution >= 4 is 46.6 Å². The van der Waals surface area contributed by atoms with Crippen molar-refractivity contribution in [1.82, 2.24) is 0 Å². The lowest BCUT2D eigenvalue weighted by atomic mass is 10.2. The highest BCUT2D eigenvalue weighted by Crippen LogP contribution is 2.26. The first-order chi connectivity index (χ1) is 10.1. The van der Waals surface area contributed by atoms with E-state index >= 15 is 0 Å². The summed E-state index contributed by atoms with van der Waals surface area (Å²) in [6.07, 6.45) is 0. The molecule has 1 atom stereocenters. The number of thioether (sulfide) groups is 1. The molecule has 0 aliphatic heterocycles. The Labute approximate surface area is 138 Å². The SMILES string of the molecule is CC(SCc1ccccc1)C(=O)Nc1ccc(Cl)cc1Cl. The van der Waals surface area contributed by atoms with Crippen molar-refractivity contribution in [2.75, 3.05) is 5.32 Å². The van der Waals surface area contributed by atoms with Crippen molar-refractivity contribution in [3.63, 3.8) is 0 Å². The number of benzene rings is 2. The molecule has 1 unspecified atom stereocenters. The minimum atomic E-state index is -0.169. The number of carbonyl (C=O) groups excluding carboxylic acids is 1. The number of hydrogen-bond acceptors (Lipinski definition) is 2. The highest BCUT2D eigenvalue weighted by atomic mass is 35.5. The number of rotatable bonds is 5. The summed E-state index contributed by atoms with van der Waals surface area (Å²) in [7, 11) is 0. The Morgan fingerprint density at radius 2 is 1.90 bits per heavy atom. The van der Waals surface area contributed by atoms with Gasteiger partial charge in [0.1, 0.15) is 0 Å². The number of anilines is 1. The number of carbonyl (C=O) groups is 1. The van der Waals surface area contributed by atoms with Gasteiger partial charge < -0.3 is 5.32 Å². The van der Waals surface area contributed by atoms with Gasteiger partial charge in [0.15, 0.2) is 0 Å². The molecule has 0 aliphatic carbocycles. The molecule has 1 amide bonds. The van der Waals surface area contributed by atoms with Gasteiger partial charge in [0.25, 0.3) is 0 Å². The fourth-order valence-corrected chi connectivity index (χ4v) is 3.00.